The van der Waals surface area contributed by atoms with Gasteiger partial charge >= 0.3 is 0 Å². The van der Waals surface area contributed by atoms with Crippen LogP contribution in [0, 0.1) is 12.7 Å². The number of hydrogen-bond acceptors (Lipinski definition) is 2. The summed E-state index contributed by atoms with van der Waals surface area (Å²) in [6, 6.07) is 11.1. The first-order valence-electron chi connectivity index (χ1n) is 5.63. The largest absolute Gasteiger partial charge is 0.508 e. The molecule has 0 spiro atoms. The van der Waals surface area contributed by atoms with Crippen LogP contribution in [0.3, 0.4) is 0 Å². The normalized spacial score (nSPS) is 11.0. The fourth-order valence-electron chi connectivity index (χ4n) is 2.09. The monoisotopic (exact) mass is 242 g/mol. The highest BCUT2D eigenvalue weighted by Gasteiger charge is 2.12. The molecule has 0 aliphatic carbocycles. The van der Waals surface area contributed by atoms with Crippen molar-refractivity contribution in [2.45, 2.75) is 6.92 Å². The van der Waals surface area contributed by atoms with Gasteiger partial charge in [-0.3, -0.25) is 0 Å². The van der Waals surface area contributed by atoms with Gasteiger partial charge in [0.25, 0.3) is 0 Å². The number of fused-ring (bicyclic) bond motifs is 1. The van der Waals surface area contributed by atoms with Crippen LogP contribution >= 0.6 is 0 Å². The van der Waals surface area contributed by atoms with Crippen LogP contribution in [0.2, 0.25) is 0 Å². The van der Waals surface area contributed by atoms with Crippen molar-refractivity contribution >= 4 is 11.0 Å². The molecule has 0 amide bonds. The van der Waals surface area contributed by atoms with Gasteiger partial charge in [0.15, 0.2) is 0 Å². The molecule has 0 saturated carbocycles. The Morgan fingerprint density at radius 2 is 1.78 bits per heavy atom. The van der Waals surface area contributed by atoms with E-state index in [2.05, 4.69) is 0 Å². The highest BCUT2D eigenvalue weighted by atomic mass is 19.1. The van der Waals surface area contributed by atoms with Gasteiger partial charge in [-0.25, -0.2) is 4.39 Å². The molecular weight excluding hydrogens is 231 g/mol. The molecule has 1 heterocycles. The van der Waals surface area contributed by atoms with Gasteiger partial charge in [0.05, 0.1) is 0 Å². The standard InChI is InChI=1S/C15H11FO2/c1-9-13-8-12(17)6-7-14(13)18-15(9)10-2-4-11(16)5-3-10/h2-8,17H,1H3. The fourth-order valence-corrected chi connectivity index (χ4v) is 2.09. The van der Waals surface area contributed by atoms with Gasteiger partial charge in [0, 0.05) is 16.5 Å². The van der Waals surface area contributed by atoms with E-state index in [0.717, 1.165) is 16.5 Å². The Hall–Kier alpha value is -2.29. The van der Waals surface area contributed by atoms with Crippen molar-refractivity contribution in [3.8, 4) is 17.1 Å². The zero-order valence-electron chi connectivity index (χ0n) is 9.77. The van der Waals surface area contributed by atoms with Crippen molar-refractivity contribution in [3.05, 3.63) is 53.8 Å². The Morgan fingerprint density at radius 3 is 2.50 bits per heavy atom. The molecule has 18 heavy (non-hydrogen) atoms. The number of halogens is 1. The van der Waals surface area contributed by atoms with E-state index in [4.69, 9.17) is 4.42 Å². The third kappa shape index (κ3) is 1.64. The van der Waals surface area contributed by atoms with E-state index in [-0.39, 0.29) is 11.6 Å². The third-order valence-corrected chi connectivity index (χ3v) is 3.03. The first-order chi connectivity index (χ1) is 8.65. The predicted molar refractivity (Wildman–Crippen MR) is 68.0 cm³/mol. The van der Waals surface area contributed by atoms with Gasteiger partial charge in [-0.1, -0.05) is 0 Å². The van der Waals surface area contributed by atoms with Crippen molar-refractivity contribution in [2.24, 2.45) is 0 Å². The van der Waals surface area contributed by atoms with Crippen molar-refractivity contribution in [1.29, 1.82) is 0 Å². The van der Waals surface area contributed by atoms with Gasteiger partial charge in [-0.15, -0.1) is 0 Å². The summed E-state index contributed by atoms with van der Waals surface area (Å²) >= 11 is 0. The fraction of sp³-hybridized carbons (Fsp3) is 0.0667. The summed E-state index contributed by atoms with van der Waals surface area (Å²) in [5.41, 5.74) is 2.47. The number of aromatic hydroxyl groups is 1. The highest BCUT2D eigenvalue weighted by molar-refractivity contribution is 5.88. The minimum Gasteiger partial charge on any atom is -0.508 e. The van der Waals surface area contributed by atoms with Crippen molar-refractivity contribution in [3.63, 3.8) is 0 Å². The average Bonchev–Trinajstić information content (AvgIpc) is 2.68. The SMILES string of the molecule is Cc1c(-c2ccc(F)cc2)oc2ccc(O)cc12. The second-order valence-corrected chi connectivity index (χ2v) is 4.24. The van der Waals surface area contributed by atoms with Crippen LogP contribution in [0.1, 0.15) is 5.56 Å². The maximum Gasteiger partial charge on any atom is 0.138 e. The lowest BCUT2D eigenvalue weighted by Crippen LogP contribution is -1.78. The topological polar surface area (TPSA) is 33.4 Å². The molecule has 0 atom stereocenters. The number of benzene rings is 2. The van der Waals surface area contributed by atoms with Crippen LogP contribution in [0.25, 0.3) is 22.3 Å². The van der Waals surface area contributed by atoms with Crippen LogP contribution in [0.15, 0.2) is 46.9 Å². The second-order valence-electron chi connectivity index (χ2n) is 4.24. The number of phenols is 1. The molecular formula is C15H11FO2. The molecule has 3 aromatic rings. The zero-order valence-corrected chi connectivity index (χ0v) is 9.77. The lowest BCUT2D eigenvalue weighted by Gasteiger charge is -1.98. The first kappa shape index (κ1) is 10.8. The molecule has 1 aromatic heterocycles. The molecule has 0 radical (unpaired) electrons. The van der Waals surface area contributed by atoms with Gasteiger partial charge in [-0.2, -0.15) is 0 Å². The molecule has 0 aliphatic rings. The van der Waals surface area contributed by atoms with Crippen molar-refractivity contribution < 1.29 is 13.9 Å². The molecule has 0 fully saturated rings. The van der Waals surface area contributed by atoms with E-state index in [0.29, 0.717) is 11.3 Å². The van der Waals surface area contributed by atoms with Gasteiger partial charge in [-0.05, 0) is 49.4 Å². The van der Waals surface area contributed by atoms with E-state index in [1.807, 2.05) is 6.92 Å². The Labute approximate surface area is 103 Å². The Bertz CT molecular complexity index is 711. The van der Waals surface area contributed by atoms with Crippen LogP contribution in [-0.2, 0) is 0 Å². The Balaban J connectivity index is 2.23. The van der Waals surface area contributed by atoms with E-state index >= 15 is 0 Å². The Morgan fingerprint density at radius 1 is 1.06 bits per heavy atom. The number of furan rings is 1. The lowest BCUT2D eigenvalue weighted by molar-refractivity contribution is 0.476. The first-order valence-corrected chi connectivity index (χ1v) is 5.63. The molecule has 2 aromatic carbocycles. The average molecular weight is 242 g/mol. The van der Waals surface area contributed by atoms with Crippen LogP contribution in [0.4, 0.5) is 4.39 Å². The maximum atomic E-state index is 12.9. The summed E-state index contributed by atoms with van der Waals surface area (Å²) in [4.78, 5) is 0. The van der Waals surface area contributed by atoms with Gasteiger partial charge in [0.2, 0.25) is 0 Å². The molecule has 3 rings (SSSR count). The summed E-state index contributed by atoms with van der Waals surface area (Å²) < 4.78 is 18.6. The summed E-state index contributed by atoms with van der Waals surface area (Å²) in [7, 11) is 0. The van der Waals surface area contributed by atoms with Gasteiger partial charge in [0.1, 0.15) is 22.9 Å². The second kappa shape index (κ2) is 3.88. The number of aryl methyl sites for hydroxylation is 1. The van der Waals surface area contributed by atoms with Crippen molar-refractivity contribution in [1.82, 2.24) is 0 Å². The molecule has 0 unspecified atom stereocenters. The summed E-state index contributed by atoms with van der Waals surface area (Å²) in [5.74, 6) is 0.637. The molecule has 0 bridgehead atoms. The van der Waals surface area contributed by atoms with Gasteiger partial charge < -0.3 is 9.52 Å². The number of phenolic OH excluding ortho intramolecular Hbond substituents is 1. The van der Waals surface area contributed by atoms with E-state index < -0.39 is 0 Å². The predicted octanol–water partition coefficient (Wildman–Crippen LogP) is 4.25. The smallest absolute Gasteiger partial charge is 0.138 e. The number of hydrogen-bond donors (Lipinski definition) is 1. The van der Waals surface area contributed by atoms with Crippen LogP contribution in [0.5, 0.6) is 5.75 Å². The molecule has 1 N–H and O–H groups in total. The van der Waals surface area contributed by atoms with Crippen LogP contribution < -0.4 is 0 Å². The highest BCUT2D eigenvalue weighted by Crippen LogP contribution is 2.34. The maximum absolute atomic E-state index is 12.9. The molecule has 0 saturated heterocycles. The lowest BCUT2D eigenvalue weighted by atomic mass is 10.1. The summed E-state index contributed by atoms with van der Waals surface area (Å²) in [6.07, 6.45) is 0. The quantitative estimate of drug-likeness (QED) is 0.691. The molecule has 90 valence electrons. The zero-order chi connectivity index (χ0) is 12.7. The molecule has 0 aliphatic heterocycles. The Kier molecular flexibility index (Phi) is 2.33. The number of rotatable bonds is 1. The van der Waals surface area contributed by atoms with E-state index in [1.54, 1.807) is 30.3 Å². The summed E-state index contributed by atoms with van der Waals surface area (Å²) in [5, 5.41) is 10.3. The third-order valence-electron chi connectivity index (χ3n) is 3.03. The molecule has 2 nitrogen and oxygen atoms in total. The van der Waals surface area contributed by atoms with Crippen molar-refractivity contribution in [2.75, 3.05) is 0 Å². The molecule has 3 heteroatoms. The van der Waals surface area contributed by atoms with Crippen LogP contribution in [-0.4, -0.2) is 5.11 Å². The summed E-state index contributed by atoms with van der Waals surface area (Å²) in [6.45, 7) is 1.92. The minimum absolute atomic E-state index is 0.206. The van der Waals surface area contributed by atoms with E-state index in [9.17, 15) is 9.50 Å². The van der Waals surface area contributed by atoms with E-state index in [1.165, 1.54) is 12.1 Å². The minimum atomic E-state index is -0.273.